The Morgan fingerprint density at radius 3 is 2.59 bits per heavy atom. The van der Waals surface area contributed by atoms with Crippen LogP contribution in [0, 0.1) is 0 Å². The van der Waals surface area contributed by atoms with Gasteiger partial charge in [0.25, 0.3) is 0 Å². The fourth-order valence-corrected chi connectivity index (χ4v) is 4.69. The summed E-state index contributed by atoms with van der Waals surface area (Å²) < 4.78 is 10.9. The highest BCUT2D eigenvalue weighted by molar-refractivity contribution is 6.21. The number of allylic oxidation sites excluding steroid dienone is 1. The van der Waals surface area contributed by atoms with E-state index in [0.717, 1.165) is 52.4 Å². The van der Waals surface area contributed by atoms with Gasteiger partial charge in [0.15, 0.2) is 17.3 Å². The molecule has 0 spiro atoms. The normalized spacial score (nSPS) is 18.1. The predicted octanol–water partition coefficient (Wildman–Crippen LogP) is 5.69. The largest absolute Gasteiger partial charge is 0.493 e. The summed E-state index contributed by atoms with van der Waals surface area (Å²) in [4.78, 5) is 13.6. The predicted molar refractivity (Wildman–Crippen MR) is 115 cm³/mol. The van der Waals surface area contributed by atoms with Crippen molar-refractivity contribution in [2.24, 2.45) is 0 Å². The highest BCUT2D eigenvalue weighted by Crippen LogP contribution is 2.45. The Morgan fingerprint density at radius 1 is 0.931 bits per heavy atom. The van der Waals surface area contributed by atoms with E-state index in [1.165, 1.54) is 5.57 Å². The minimum atomic E-state index is -0.0568. The molecule has 0 bridgehead atoms. The number of Topliss-reactive ketones (excluding diaryl/α,β-unsaturated/α-hetero) is 1. The van der Waals surface area contributed by atoms with Crippen LogP contribution < -0.4 is 14.8 Å². The molecule has 1 unspecified atom stereocenters. The minimum absolute atomic E-state index is 0.0568. The summed E-state index contributed by atoms with van der Waals surface area (Å²) in [7, 11) is 3.28. The molecule has 0 aromatic heterocycles. The molecule has 4 nitrogen and oxygen atoms in total. The van der Waals surface area contributed by atoms with Crippen LogP contribution in [0.25, 0.3) is 10.8 Å². The number of rotatable bonds is 3. The van der Waals surface area contributed by atoms with Crippen LogP contribution in [0.3, 0.4) is 0 Å². The number of ketones is 1. The van der Waals surface area contributed by atoms with E-state index < -0.39 is 0 Å². The smallest absolute Gasteiger partial charge is 0.191 e. The third-order valence-electron chi connectivity index (χ3n) is 6.08. The van der Waals surface area contributed by atoms with Crippen molar-refractivity contribution in [2.75, 3.05) is 19.5 Å². The first-order chi connectivity index (χ1) is 14.2. The fraction of sp³-hybridized carbons (Fsp3) is 0.240. The maximum absolute atomic E-state index is 13.6. The van der Waals surface area contributed by atoms with E-state index in [0.29, 0.717) is 11.5 Å². The lowest BCUT2D eigenvalue weighted by molar-refractivity contribution is 0.103. The van der Waals surface area contributed by atoms with E-state index in [4.69, 9.17) is 9.47 Å². The van der Waals surface area contributed by atoms with Crippen LogP contribution in [0.2, 0.25) is 0 Å². The van der Waals surface area contributed by atoms with Gasteiger partial charge in [-0.25, -0.2) is 0 Å². The van der Waals surface area contributed by atoms with Crippen LogP contribution >= 0.6 is 0 Å². The van der Waals surface area contributed by atoms with Crippen molar-refractivity contribution in [3.05, 3.63) is 76.9 Å². The van der Waals surface area contributed by atoms with Crippen molar-refractivity contribution in [2.45, 2.75) is 25.3 Å². The Kier molecular flexibility index (Phi) is 4.27. The first-order valence-electron chi connectivity index (χ1n) is 9.98. The molecule has 5 rings (SSSR count). The molecule has 0 fully saturated rings. The Morgan fingerprint density at radius 2 is 1.76 bits per heavy atom. The summed E-state index contributed by atoms with van der Waals surface area (Å²) in [5, 5.41) is 5.78. The van der Waals surface area contributed by atoms with Crippen LogP contribution in [0.4, 0.5) is 5.69 Å². The third-order valence-corrected chi connectivity index (χ3v) is 6.08. The van der Waals surface area contributed by atoms with Crippen molar-refractivity contribution in [3.8, 4) is 11.5 Å². The maximum atomic E-state index is 13.6. The van der Waals surface area contributed by atoms with Crippen molar-refractivity contribution in [3.63, 3.8) is 0 Å². The number of anilines is 1. The van der Waals surface area contributed by atoms with E-state index in [1.807, 2.05) is 36.4 Å². The molecule has 1 heterocycles. The van der Waals surface area contributed by atoms with Crippen molar-refractivity contribution < 1.29 is 14.3 Å². The molecule has 2 aliphatic rings. The van der Waals surface area contributed by atoms with E-state index >= 15 is 0 Å². The van der Waals surface area contributed by atoms with E-state index in [1.54, 1.807) is 14.2 Å². The van der Waals surface area contributed by atoms with Crippen LogP contribution in [0.5, 0.6) is 11.5 Å². The molecule has 3 aromatic rings. The third kappa shape index (κ3) is 2.79. The van der Waals surface area contributed by atoms with Gasteiger partial charge in [-0.05, 0) is 59.4 Å². The molecule has 146 valence electrons. The monoisotopic (exact) mass is 385 g/mol. The Bertz CT molecular complexity index is 1160. The fourth-order valence-electron chi connectivity index (χ4n) is 4.69. The van der Waals surface area contributed by atoms with Gasteiger partial charge in [0.05, 0.1) is 25.8 Å². The van der Waals surface area contributed by atoms with Crippen LogP contribution in [-0.4, -0.2) is 20.0 Å². The molecule has 0 radical (unpaired) electrons. The number of methoxy groups -OCH3 is 2. The second-order valence-corrected chi connectivity index (χ2v) is 7.59. The van der Waals surface area contributed by atoms with Gasteiger partial charge >= 0.3 is 0 Å². The molecule has 0 saturated heterocycles. The molecule has 29 heavy (non-hydrogen) atoms. The van der Waals surface area contributed by atoms with Gasteiger partial charge in [-0.1, -0.05) is 36.4 Å². The Hall–Kier alpha value is -3.27. The molecule has 1 aliphatic heterocycles. The topological polar surface area (TPSA) is 47.6 Å². The van der Waals surface area contributed by atoms with Gasteiger partial charge in [-0.15, -0.1) is 0 Å². The van der Waals surface area contributed by atoms with Crippen molar-refractivity contribution in [1.82, 2.24) is 0 Å². The van der Waals surface area contributed by atoms with Gasteiger partial charge in [-0.3, -0.25) is 4.79 Å². The minimum Gasteiger partial charge on any atom is -0.493 e. The van der Waals surface area contributed by atoms with Crippen molar-refractivity contribution in [1.29, 1.82) is 0 Å². The quantitative estimate of drug-likeness (QED) is 0.629. The number of carbonyl (C=O) groups excluding carboxylic acids is 1. The SMILES string of the molecule is COc1ccc(C2Nc3ccc4ccccc4c3C(=O)C3=C2CCC3)cc1OC. The lowest BCUT2D eigenvalue weighted by Gasteiger charge is -2.23. The van der Waals surface area contributed by atoms with E-state index in [9.17, 15) is 4.79 Å². The highest BCUT2D eigenvalue weighted by Gasteiger charge is 2.34. The zero-order valence-corrected chi connectivity index (χ0v) is 16.6. The molecule has 3 aromatic carbocycles. The number of benzene rings is 3. The average Bonchev–Trinajstić information content (AvgIpc) is 3.21. The average molecular weight is 385 g/mol. The summed E-state index contributed by atoms with van der Waals surface area (Å²) in [5.74, 6) is 1.56. The van der Waals surface area contributed by atoms with Gasteiger partial charge in [0.2, 0.25) is 0 Å². The molecular formula is C25H23NO3. The van der Waals surface area contributed by atoms with Crippen molar-refractivity contribution >= 4 is 22.2 Å². The number of carbonyl (C=O) groups is 1. The number of fused-ring (bicyclic) bond motifs is 3. The molecule has 4 heteroatoms. The van der Waals surface area contributed by atoms with Gasteiger partial charge < -0.3 is 14.8 Å². The highest BCUT2D eigenvalue weighted by atomic mass is 16.5. The van der Waals surface area contributed by atoms with Gasteiger partial charge in [0, 0.05) is 11.3 Å². The van der Waals surface area contributed by atoms with E-state index in [-0.39, 0.29) is 11.8 Å². The van der Waals surface area contributed by atoms with Gasteiger partial charge in [-0.2, -0.15) is 0 Å². The lowest BCUT2D eigenvalue weighted by atomic mass is 9.93. The molecule has 0 amide bonds. The van der Waals surface area contributed by atoms with Crippen LogP contribution in [0.15, 0.2) is 65.7 Å². The number of hydrogen-bond acceptors (Lipinski definition) is 4. The van der Waals surface area contributed by atoms with Crippen LogP contribution in [0.1, 0.15) is 41.2 Å². The summed E-state index contributed by atoms with van der Waals surface area (Å²) in [5.41, 5.74) is 4.92. The molecule has 1 N–H and O–H groups in total. The second-order valence-electron chi connectivity index (χ2n) is 7.59. The summed E-state index contributed by atoms with van der Waals surface area (Å²) in [6.45, 7) is 0. The summed E-state index contributed by atoms with van der Waals surface area (Å²) in [6, 6.07) is 18.2. The second kappa shape index (κ2) is 6.96. The molecule has 1 atom stereocenters. The summed E-state index contributed by atoms with van der Waals surface area (Å²) in [6.07, 6.45) is 2.78. The number of hydrogen-bond donors (Lipinski definition) is 1. The number of ether oxygens (including phenoxy) is 2. The zero-order valence-electron chi connectivity index (χ0n) is 16.6. The Labute approximate surface area is 170 Å². The molecule has 0 saturated carbocycles. The zero-order chi connectivity index (χ0) is 20.0. The standard InChI is InChI=1S/C25H23NO3/c1-28-21-13-11-16(14-22(21)29-2)24-18-8-5-9-19(18)25(27)23-17-7-4-3-6-15(17)10-12-20(23)26-24/h3-4,6-7,10-14,24,26H,5,8-9H2,1-2H3. The molecule has 1 aliphatic carbocycles. The van der Waals surface area contributed by atoms with Gasteiger partial charge in [0.1, 0.15) is 0 Å². The first kappa shape index (κ1) is 17.8. The number of nitrogens with one attached hydrogen (secondary N) is 1. The lowest BCUT2D eigenvalue weighted by Crippen LogP contribution is -2.13. The Balaban J connectivity index is 1.71. The summed E-state index contributed by atoms with van der Waals surface area (Å²) >= 11 is 0. The molecular weight excluding hydrogens is 362 g/mol. The first-order valence-corrected chi connectivity index (χ1v) is 9.98. The van der Waals surface area contributed by atoms with Crippen LogP contribution in [-0.2, 0) is 0 Å². The van der Waals surface area contributed by atoms with E-state index in [2.05, 4.69) is 23.5 Å². The maximum Gasteiger partial charge on any atom is 0.191 e.